The predicted molar refractivity (Wildman–Crippen MR) is 69.7 cm³/mol. The summed E-state index contributed by atoms with van der Waals surface area (Å²) in [5, 5.41) is 9.23. The second kappa shape index (κ2) is 6.11. The van der Waals surface area contributed by atoms with Crippen molar-refractivity contribution in [2.24, 2.45) is 0 Å². The van der Waals surface area contributed by atoms with Crippen LogP contribution in [0, 0.1) is 0 Å². The van der Waals surface area contributed by atoms with E-state index in [9.17, 15) is 5.11 Å². The Morgan fingerprint density at radius 2 is 2.28 bits per heavy atom. The molecule has 0 amide bonds. The second-order valence-electron chi connectivity index (χ2n) is 4.77. The summed E-state index contributed by atoms with van der Waals surface area (Å²) >= 11 is 0. The van der Waals surface area contributed by atoms with Crippen molar-refractivity contribution >= 4 is 5.82 Å². The molecule has 2 heterocycles. The number of morpholine rings is 1. The van der Waals surface area contributed by atoms with E-state index in [1.54, 1.807) is 6.33 Å². The number of hydrogen-bond donors (Lipinski definition) is 1. The van der Waals surface area contributed by atoms with Crippen LogP contribution in [0.3, 0.4) is 0 Å². The van der Waals surface area contributed by atoms with E-state index >= 15 is 0 Å². The monoisotopic (exact) mass is 251 g/mol. The smallest absolute Gasteiger partial charge is 0.132 e. The number of ether oxygens (including phenoxy) is 1. The summed E-state index contributed by atoms with van der Waals surface area (Å²) in [6.07, 6.45) is 3.65. The largest absolute Gasteiger partial charge is 0.394 e. The Morgan fingerprint density at radius 3 is 3.00 bits per heavy atom. The molecule has 2 rings (SSSR count). The van der Waals surface area contributed by atoms with E-state index < -0.39 is 0 Å². The zero-order valence-electron chi connectivity index (χ0n) is 11.0. The molecule has 1 fully saturated rings. The zero-order chi connectivity index (χ0) is 13.0. The lowest BCUT2D eigenvalue weighted by molar-refractivity contribution is -0.0423. The Morgan fingerprint density at radius 1 is 1.44 bits per heavy atom. The molecule has 100 valence electrons. The van der Waals surface area contributed by atoms with Gasteiger partial charge >= 0.3 is 0 Å². The quantitative estimate of drug-likeness (QED) is 0.865. The number of nitrogens with zero attached hydrogens (tertiary/aromatic N) is 3. The average Bonchev–Trinajstić information content (AvgIpc) is 2.39. The van der Waals surface area contributed by atoms with Crippen LogP contribution in [0.5, 0.6) is 0 Å². The van der Waals surface area contributed by atoms with Gasteiger partial charge in [0.2, 0.25) is 0 Å². The van der Waals surface area contributed by atoms with E-state index in [4.69, 9.17) is 4.74 Å². The molecular formula is C13H21N3O2. The topological polar surface area (TPSA) is 58.5 Å². The third kappa shape index (κ3) is 3.17. The van der Waals surface area contributed by atoms with Crippen molar-refractivity contribution in [1.82, 2.24) is 9.97 Å². The third-order valence-electron chi connectivity index (χ3n) is 3.07. The van der Waals surface area contributed by atoms with Crippen molar-refractivity contribution in [3.05, 3.63) is 18.1 Å². The molecule has 0 aromatic carbocycles. The number of hydrogen-bond acceptors (Lipinski definition) is 5. The Hall–Kier alpha value is -1.20. The maximum atomic E-state index is 9.23. The molecular weight excluding hydrogens is 230 g/mol. The highest BCUT2D eigenvalue weighted by Gasteiger charge is 2.25. The molecule has 2 unspecified atom stereocenters. The molecule has 0 radical (unpaired) electrons. The molecule has 18 heavy (non-hydrogen) atoms. The highest BCUT2D eigenvalue weighted by Crippen LogP contribution is 2.18. The summed E-state index contributed by atoms with van der Waals surface area (Å²) in [6, 6.07) is 2.04. The van der Waals surface area contributed by atoms with Gasteiger partial charge in [-0.3, -0.25) is 0 Å². The number of aliphatic hydroxyl groups is 1. The highest BCUT2D eigenvalue weighted by atomic mass is 16.5. The number of anilines is 1. The summed E-state index contributed by atoms with van der Waals surface area (Å²) in [5.41, 5.74) is 1.07. The first-order valence-corrected chi connectivity index (χ1v) is 6.55. The maximum Gasteiger partial charge on any atom is 0.132 e. The van der Waals surface area contributed by atoms with Crippen molar-refractivity contribution < 1.29 is 9.84 Å². The first kappa shape index (κ1) is 13.2. The third-order valence-corrected chi connectivity index (χ3v) is 3.07. The minimum absolute atomic E-state index is 0.0493. The standard InChI is InChI=1S/C13H21N3O2/c1-3-4-11-5-13(15-9-14-11)16-6-10(2)18-12(7-16)8-17/h5,9-10,12,17H,3-4,6-8H2,1-2H3. The molecule has 1 N–H and O–H groups in total. The molecule has 5 heteroatoms. The van der Waals surface area contributed by atoms with Crippen molar-refractivity contribution in [1.29, 1.82) is 0 Å². The van der Waals surface area contributed by atoms with Crippen LogP contribution >= 0.6 is 0 Å². The normalized spacial score (nSPS) is 24.3. The molecule has 1 aliphatic rings. The van der Waals surface area contributed by atoms with E-state index in [2.05, 4.69) is 21.8 Å². The van der Waals surface area contributed by atoms with Gasteiger partial charge in [-0.05, 0) is 13.3 Å². The molecule has 5 nitrogen and oxygen atoms in total. The summed E-state index contributed by atoms with van der Waals surface area (Å²) in [4.78, 5) is 10.8. The van der Waals surface area contributed by atoms with Crippen LogP contribution in [0.4, 0.5) is 5.82 Å². The molecule has 0 bridgehead atoms. The van der Waals surface area contributed by atoms with Gasteiger partial charge in [0.25, 0.3) is 0 Å². The first-order valence-electron chi connectivity index (χ1n) is 6.55. The Kier molecular flexibility index (Phi) is 4.49. The number of aryl methyl sites for hydroxylation is 1. The van der Waals surface area contributed by atoms with Crippen LogP contribution < -0.4 is 4.90 Å². The first-order chi connectivity index (χ1) is 8.72. The summed E-state index contributed by atoms with van der Waals surface area (Å²) in [5.74, 6) is 0.932. The lowest BCUT2D eigenvalue weighted by atomic mass is 10.2. The molecule has 0 spiro atoms. The Bertz CT molecular complexity index is 386. The van der Waals surface area contributed by atoms with Crippen molar-refractivity contribution in [3.63, 3.8) is 0 Å². The van der Waals surface area contributed by atoms with E-state index in [1.165, 1.54) is 0 Å². The zero-order valence-corrected chi connectivity index (χ0v) is 11.0. The van der Waals surface area contributed by atoms with Crippen LogP contribution in [-0.4, -0.2) is 47.0 Å². The Balaban J connectivity index is 2.11. The lowest BCUT2D eigenvalue weighted by Gasteiger charge is -2.36. The highest BCUT2D eigenvalue weighted by molar-refractivity contribution is 5.39. The number of rotatable bonds is 4. The van der Waals surface area contributed by atoms with Crippen molar-refractivity contribution in [2.45, 2.75) is 38.9 Å². The van der Waals surface area contributed by atoms with Gasteiger partial charge in [0.15, 0.2) is 0 Å². The predicted octanol–water partition coefficient (Wildman–Crippen LogP) is 1.02. The van der Waals surface area contributed by atoms with Gasteiger partial charge < -0.3 is 14.7 Å². The summed E-state index contributed by atoms with van der Waals surface area (Å²) in [7, 11) is 0. The van der Waals surface area contributed by atoms with Crippen LogP contribution in [0.1, 0.15) is 26.0 Å². The van der Waals surface area contributed by atoms with Gasteiger partial charge in [-0.25, -0.2) is 9.97 Å². The van der Waals surface area contributed by atoms with Crippen LogP contribution in [0.2, 0.25) is 0 Å². The molecule has 1 saturated heterocycles. The van der Waals surface area contributed by atoms with E-state index in [-0.39, 0.29) is 18.8 Å². The van der Waals surface area contributed by atoms with Crippen molar-refractivity contribution in [2.75, 3.05) is 24.6 Å². The van der Waals surface area contributed by atoms with E-state index in [0.29, 0.717) is 6.54 Å². The average molecular weight is 251 g/mol. The molecule has 1 aromatic heterocycles. The van der Waals surface area contributed by atoms with Gasteiger partial charge in [-0.1, -0.05) is 13.3 Å². The SMILES string of the molecule is CCCc1cc(N2CC(C)OC(CO)C2)ncn1. The molecule has 1 aromatic rings. The van der Waals surface area contributed by atoms with Gasteiger partial charge in [0.1, 0.15) is 12.1 Å². The van der Waals surface area contributed by atoms with Gasteiger partial charge in [0, 0.05) is 24.8 Å². The minimum Gasteiger partial charge on any atom is -0.394 e. The van der Waals surface area contributed by atoms with Crippen LogP contribution in [-0.2, 0) is 11.2 Å². The molecule has 2 atom stereocenters. The van der Waals surface area contributed by atoms with Crippen LogP contribution in [0.15, 0.2) is 12.4 Å². The van der Waals surface area contributed by atoms with Crippen molar-refractivity contribution in [3.8, 4) is 0 Å². The minimum atomic E-state index is -0.127. The fraction of sp³-hybridized carbons (Fsp3) is 0.692. The maximum absolute atomic E-state index is 9.23. The summed E-state index contributed by atoms with van der Waals surface area (Å²) in [6.45, 7) is 5.69. The van der Waals surface area contributed by atoms with Gasteiger partial charge in [-0.2, -0.15) is 0 Å². The van der Waals surface area contributed by atoms with Gasteiger partial charge in [-0.15, -0.1) is 0 Å². The second-order valence-corrected chi connectivity index (χ2v) is 4.77. The van der Waals surface area contributed by atoms with Crippen LogP contribution in [0.25, 0.3) is 0 Å². The van der Waals surface area contributed by atoms with E-state index in [1.807, 2.05) is 13.0 Å². The number of aliphatic hydroxyl groups excluding tert-OH is 1. The van der Waals surface area contributed by atoms with Gasteiger partial charge in [0.05, 0.1) is 18.8 Å². The Labute approximate surface area is 108 Å². The summed E-state index contributed by atoms with van der Waals surface area (Å²) < 4.78 is 5.63. The molecule has 1 aliphatic heterocycles. The molecule has 0 saturated carbocycles. The fourth-order valence-corrected chi connectivity index (χ4v) is 2.28. The lowest BCUT2D eigenvalue weighted by Crippen LogP contribution is -2.48. The van der Waals surface area contributed by atoms with E-state index in [0.717, 1.165) is 30.9 Å². The fourth-order valence-electron chi connectivity index (χ4n) is 2.28. The molecule has 0 aliphatic carbocycles. The number of aromatic nitrogens is 2.